The van der Waals surface area contributed by atoms with Crippen molar-refractivity contribution in [2.45, 2.75) is 20.3 Å². The molecule has 19 heavy (non-hydrogen) atoms. The van der Waals surface area contributed by atoms with Gasteiger partial charge in [-0.05, 0) is 30.4 Å². The zero-order valence-electron chi connectivity index (χ0n) is 10.7. The molecule has 0 fully saturated rings. The first-order valence-corrected chi connectivity index (χ1v) is 7.79. The fourth-order valence-electron chi connectivity index (χ4n) is 1.97. The van der Waals surface area contributed by atoms with Crippen molar-refractivity contribution >= 4 is 38.7 Å². The van der Waals surface area contributed by atoms with E-state index in [1.165, 1.54) is 10.4 Å². The third kappa shape index (κ3) is 2.11. The molecule has 3 rings (SSSR count). The van der Waals surface area contributed by atoms with Gasteiger partial charge in [0, 0.05) is 15.8 Å². The van der Waals surface area contributed by atoms with E-state index in [9.17, 15) is 0 Å². The number of nitrogens with one attached hydrogen (secondary N) is 1. The van der Waals surface area contributed by atoms with Crippen LogP contribution in [-0.4, -0.2) is 9.97 Å². The molecule has 3 heterocycles. The van der Waals surface area contributed by atoms with Crippen LogP contribution in [0.3, 0.4) is 0 Å². The van der Waals surface area contributed by atoms with Gasteiger partial charge >= 0.3 is 0 Å². The molecule has 0 aliphatic rings. The highest BCUT2D eigenvalue weighted by molar-refractivity contribution is 7.18. The molecule has 0 aliphatic heterocycles. The Morgan fingerprint density at radius 2 is 2.16 bits per heavy atom. The first-order valence-electron chi connectivity index (χ1n) is 6.03. The Morgan fingerprint density at radius 1 is 1.32 bits per heavy atom. The molecule has 0 aliphatic carbocycles. The van der Waals surface area contributed by atoms with E-state index in [4.69, 9.17) is 5.84 Å². The molecule has 0 radical (unpaired) electrons. The number of aryl methyl sites for hydroxylation is 2. The Bertz CT molecular complexity index is 729. The van der Waals surface area contributed by atoms with Crippen molar-refractivity contribution in [2.75, 3.05) is 5.43 Å². The minimum absolute atomic E-state index is 0.696. The van der Waals surface area contributed by atoms with Gasteiger partial charge in [-0.3, -0.25) is 0 Å². The van der Waals surface area contributed by atoms with Crippen molar-refractivity contribution in [3.63, 3.8) is 0 Å². The van der Waals surface area contributed by atoms with Gasteiger partial charge in [-0.25, -0.2) is 15.8 Å². The minimum atomic E-state index is 0.696. The molecule has 3 N–H and O–H groups in total. The molecule has 3 aromatic rings. The SMILES string of the molecule is CCc1cc2c(NN)nc(-c3cscc3C)nc2s1. The molecule has 3 aromatic heterocycles. The van der Waals surface area contributed by atoms with Gasteiger partial charge in [0.05, 0.1) is 5.39 Å². The number of hydrogen-bond donors (Lipinski definition) is 2. The molecule has 0 atom stereocenters. The number of hydrazine groups is 1. The Kier molecular flexibility index (Phi) is 3.22. The summed E-state index contributed by atoms with van der Waals surface area (Å²) in [6, 6.07) is 2.11. The molecule has 0 saturated heterocycles. The van der Waals surface area contributed by atoms with Crippen molar-refractivity contribution in [3.05, 3.63) is 27.3 Å². The lowest BCUT2D eigenvalue weighted by Crippen LogP contribution is -2.09. The van der Waals surface area contributed by atoms with Gasteiger partial charge in [-0.2, -0.15) is 11.3 Å². The quantitative estimate of drug-likeness (QED) is 0.571. The third-order valence-corrected chi connectivity index (χ3v) is 5.06. The summed E-state index contributed by atoms with van der Waals surface area (Å²) in [5.74, 6) is 7.03. The maximum absolute atomic E-state index is 5.59. The topological polar surface area (TPSA) is 63.8 Å². The summed E-state index contributed by atoms with van der Waals surface area (Å²) in [4.78, 5) is 11.5. The van der Waals surface area contributed by atoms with Crippen LogP contribution in [0.15, 0.2) is 16.8 Å². The van der Waals surface area contributed by atoms with Crippen molar-refractivity contribution in [2.24, 2.45) is 5.84 Å². The van der Waals surface area contributed by atoms with E-state index in [0.717, 1.165) is 28.0 Å². The number of aromatic nitrogens is 2. The number of nitrogens with two attached hydrogens (primary N) is 1. The molecular weight excluding hydrogens is 276 g/mol. The summed E-state index contributed by atoms with van der Waals surface area (Å²) in [7, 11) is 0. The predicted octanol–water partition coefficient (Wildman–Crippen LogP) is 3.58. The highest BCUT2D eigenvalue weighted by Gasteiger charge is 2.13. The zero-order chi connectivity index (χ0) is 13.4. The summed E-state index contributed by atoms with van der Waals surface area (Å²) in [6.45, 7) is 4.21. The summed E-state index contributed by atoms with van der Waals surface area (Å²) in [5, 5.41) is 5.18. The number of nitrogen functional groups attached to an aromatic ring is 1. The van der Waals surface area contributed by atoms with Crippen LogP contribution in [-0.2, 0) is 6.42 Å². The number of nitrogens with zero attached hydrogens (tertiary/aromatic N) is 2. The van der Waals surface area contributed by atoms with Crippen LogP contribution in [0.5, 0.6) is 0 Å². The Labute approximate surface area is 119 Å². The highest BCUT2D eigenvalue weighted by atomic mass is 32.1. The molecule has 0 aromatic carbocycles. The lowest BCUT2D eigenvalue weighted by atomic mass is 10.2. The van der Waals surface area contributed by atoms with Crippen LogP contribution in [0.25, 0.3) is 21.6 Å². The second-order valence-corrected chi connectivity index (χ2v) is 6.15. The summed E-state index contributed by atoms with van der Waals surface area (Å²) >= 11 is 3.36. The van der Waals surface area contributed by atoms with E-state index in [2.05, 4.69) is 46.1 Å². The van der Waals surface area contributed by atoms with Gasteiger partial charge in [0.2, 0.25) is 0 Å². The largest absolute Gasteiger partial charge is 0.308 e. The molecule has 98 valence electrons. The predicted molar refractivity (Wildman–Crippen MR) is 82.7 cm³/mol. The van der Waals surface area contributed by atoms with Gasteiger partial charge in [0.1, 0.15) is 4.83 Å². The van der Waals surface area contributed by atoms with E-state index < -0.39 is 0 Å². The molecule has 4 nitrogen and oxygen atoms in total. The zero-order valence-corrected chi connectivity index (χ0v) is 12.4. The number of hydrogen-bond acceptors (Lipinski definition) is 6. The van der Waals surface area contributed by atoms with Crippen LogP contribution in [0.2, 0.25) is 0 Å². The van der Waals surface area contributed by atoms with E-state index >= 15 is 0 Å². The molecule has 6 heteroatoms. The summed E-state index contributed by atoms with van der Waals surface area (Å²) in [5.41, 5.74) is 4.96. The average molecular weight is 290 g/mol. The fraction of sp³-hybridized carbons (Fsp3) is 0.231. The first kappa shape index (κ1) is 12.5. The van der Waals surface area contributed by atoms with Crippen LogP contribution in [0, 0.1) is 6.92 Å². The monoisotopic (exact) mass is 290 g/mol. The maximum atomic E-state index is 5.59. The molecule has 0 unspecified atom stereocenters. The van der Waals surface area contributed by atoms with Gasteiger partial charge in [-0.1, -0.05) is 6.92 Å². The van der Waals surface area contributed by atoms with Gasteiger partial charge in [0.15, 0.2) is 11.6 Å². The lowest BCUT2D eigenvalue weighted by Gasteiger charge is -2.04. The Balaban J connectivity index is 2.25. The second-order valence-electron chi connectivity index (χ2n) is 4.29. The summed E-state index contributed by atoms with van der Waals surface area (Å²) < 4.78 is 0. The Hall–Kier alpha value is -1.50. The van der Waals surface area contributed by atoms with Crippen LogP contribution < -0.4 is 11.3 Å². The number of thiophene rings is 2. The van der Waals surface area contributed by atoms with Crippen molar-refractivity contribution in [1.82, 2.24) is 9.97 Å². The second kappa shape index (κ2) is 4.88. The van der Waals surface area contributed by atoms with Crippen LogP contribution in [0.1, 0.15) is 17.4 Å². The number of anilines is 1. The molecular formula is C13H14N4S2. The average Bonchev–Trinajstić information content (AvgIpc) is 3.02. The van der Waals surface area contributed by atoms with Gasteiger partial charge < -0.3 is 5.43 Å². The highest BCUT2D eigenvalue weighted by Crippen LogP contribution is 2.32. The van der Waals surface area contributed by atoms with E-state index in [1.807, 2.05) is 0 Å². The van der Waals surface area contributed by atoms with E-state index in [1.54, 1.807) is 22.7 Å². The number of fused-ring (bicyclic) bond motifs is 1. The Morgan fingerprint density at radius 3 is 2.79 bits per heavy atom. The molecule has 0 bridgehead atoms. The molecule has 0 spiro atoms. The third-order valence-electron chi connectivity index (χ3n) is 3.03. The van der Waals surface area contributed by atoms with Crippen molar-refractivity contribution in [1.29, 1.82) is 0 Å². The van der Waals surface area contributed by atoms with Crippen LogP contribution >= 0.6 is 22.7 Å². The fourth-order valence-corrected chi connectivity index (χ4v) is 3.76. The molecule has 0 amide bonds. The van der Waals surface area contributed by atoms with Gasteiger partial charge in [0.25, 0.3) is 0 Å². The minimum Gasteiger partial charge on any atom is -0.308 e. The first-order chi connectivity index (χ1) is 9.22. The molecule has 0 saturated carbocycles. The van der Waals surface area contributed by atoms with Crippen molar-refractivity contribution in [3.8, 4) is 11.4 Å². The van der Waals surface area contributed by atoms with Crippen LogP contribution in [0.4, 0.5) is 5.82 Å². The van der Waals surface area contributed by atoms with E-state index in [-0.39, 0.29) is 0 Å². The van der Waals surface area contributed by atoms with Crippen molar-refractivity contribution < 1.29 is 0 Å². The standard InChI is InChI=1S/C13H14N4S2/c1-3-8-4-9-12(17-14)15-11(16-13(9)19-8)10-6-18-5-7(10)2/h4-6H,3,14H2,1-2H3,(H,15,16,17). The summed E-state index contributed by atoms with van der Waals surface area (Å²) in [6.07, 6.45) is 0.998. The van der Waals surface area contributed by atoms with Gasteiger partial charge in [-0.15, -0.1) is 11.3 Å². The normalized spacial score (nSPS) is 11.1. The number of rotatable bonds is 3. The maximum Gasteiger partial charge on any atom is 0.164 e. The lowest BCUT2D eigenvalue weighted by molar-refractivity contribution is 1.18. The van der Waals surface area contributed by atoms with E-state index in [0.29, 0.717) is 5.82 Å². The smallest absolute Gasteiger partial charge is 0.164 e.